The number of aliphatic hydroxyl groups is 1. The van der Waals surface area contributed by atoms with E-state index >= 15 is 0 Å². The van der Waals surface area contributed by atoms with Crippen molar-refractivity contribution >= 4 is 0 Å². The maximum Gasteiger partial charge on any atom is 0.0610 e. The summed E-state index contributed by atoms with van der Waals surface area (Å²) < 4.78 is 0. The average molecular weight is 284 g/mol. The summed E-state index contributed by atoms with van der Waals surface area (Å²) in [7, 11) is 0. The number of likely N-dealkylation sites (tertiary alicyclic amines) is 1. The number of piperidine rings is 1. The van der Waals surface area contributed by atoms with Gasteiger partial charge in [0.25, 0.3) is 0 Å². The lowest BCUT2D eigenvalue weighted by molar-refractivity contribution is 0.121. The molecular weight excluding hydrogens is 248 g/mol. The number of aliphatic hydroxyl groups excluding tert-OH is 1. The molecule has 3 nitrogen and oxygen atoms in total. The number of nitrogens with zero attached hydrogens (tertiary/aromatic N) is 1. The van der Waals surface area contributed by atoms with Crippen molar-refractivity contribution < 1.29 is 5.11 Å². The Morgan fingerprint density at radius 3 is 2.70 bits per heavy atom. The molecule has 2 atom stereocenters. The zero-order valence-corrected chi connectivity index (χ0v) is 14.0. The molecule has 0 radical (unpaired) electrons. The minimum Gasteiger partial charge on any atom is -0.394 e. The van der Waals surface area contributed by atoms with E-state index in [1.54, 1.807) is 0 Å². The van der Waals surface area contributed by atoms with Crippen LogP contribution in [0, 0.1) is 0 Å². The summed E-state index contributed by atoms with van der Waals surface area (Å²) in [5.74, 6) is 0. The lowest BCUT2D eigenvalue weighted by Gasteiger charge is -2.37. The van der Waals surface area contributed by atoms with Crippen molar-refractivity contribution in [3.8, 4) is 0 Å². The van der Waals surface area contributed by atoms with E-state index in [1.807, 2.05) is 0 Å². The average Bonchev–Trinajstić information content (AvgIpc) is 2.47. The number of rotatable bonds is 10. The van der Waals surface area contributed by atoms with Crippen LogP contribution in [0.4, 0.5) is 0 Å². The first-order valence-electron chi connectivity index (χ1n) is 8.75. The molecule has 1 fully saturated rings. The van der Waals surface area contributed by atoms with E-state index in [-0.39, 0.29) is 12.1 Å². The van der Waals surface area contributed by atoms with E-state index in [0.717, 1.165) is 25.4 Å². The first kappa shape index (κ1) is 17.9. The van der Waals surface area contributed by atoms with Crippen molar-refractivity contribution in [3.05, 3.63) is 0 Å². The Kier molecular flexibility index (Phi) is 8.74. The van der Waals surface area contributed by atoms with Gasteiger partial charge in [0.05, 0.1) is 6.61 Å². The number of hydrogen-bond acceptors (Lipinski definition) is 3. The van der Waals surface area contributed by atoms with Crippen LogP contribution in [0.5, 0.6) is 0 Å². The fourth-order valence-corrected chi connectivity index (χ4v) is 3.34. The van der Waals surface area contributed by atoms with Gasteiger partial charge in [-0.3, -0.25) is 0 Å². The van der Waals surface area contributed by atoms with Crippen molar-refractivity contribution in [1.29, 1.82) is 0 Å². The molecule has 0 aromatic carbocycles. The van der Waals surface area contributed by atoms with Crippen molar-refractivity contribution in [2.45, 2.75) is 83.7 Å². The standard InChI is InChI=1S/C17H36N2O/c1-4-9-16-10-6-7-13-19(16)14-8-11-17(3,15-20)18-12-5-2/h16,18,20H,4-15H2,1-3H3. The van der Waals surface area contributed by atoms with Crippen LogP contribution < -0.4 is 5.32 Å². The second-order valence-corrected chi connectivity index (χ2v) is 6.72. The predicted octanol–water partition coefficient (Wildman–Crippen LogP) is 3.17. The molecule has 0 aromatic rings. The van der Waals surface area contributed by atoms with E-state index in [1.165, 1.54) is 51.6 Å². The second-order valence-electron chi connectivity index (χ2n) is 6.72. The van der Waals surface area contributed by atoms with Gasteiger partial charge in [0.15, 0.2) is 0 Å². The monoisotopic (exact) mass is 284 g/mol. The van der Waals surface area contributed by atoms with Crippen LogP contribution >= 0.6 is 0 Å². The summed E-state index contributed by atoms with van der Waals surface area (Å²) in [5, 5.41) is 13.1. The van der Waals surface area contributed by atoms with Gasteiger partial charge < -0.3 is 15.3 Å². The zero-order chi connectivity index (χ0) is 14.8. The third-order valence-electron chi connectivity index (χ3n) is 4.70. The van der Waals surface area contributed by atoms with Gasteiger partial charge in [-0.2, -0.15) is 0 Å². The molecule has 1 rings (SSSR count). The number of hydrogen-bond donors (Lipinski definition) is 2. The van der Waals surface area contributed by atoms with Crippen molar-refractivity contribution in [3.63, 3.8) is 0 Å². The van der Waals surface area contributed by atoms with Crippen LogP contribution in [0.15, 0.2) is 0 Å². The van der Waals surface area contributed by atoms with Crippen molar-refractivity contribution in [2.24, 2.45) is 0 Å². The molecule has 0 saturated carbocycles. The highest BCUT2D eigenvalue weighted by Gasteiger charge is 2.24. The van der Waals surface area contributed by atoms with E-state index in [9.17, 15) is 5.11 Å². The third kappa shape index (κ3) is 6.11. The fraction of sp³-hybridized carbons (Fsp3) is 1.00. The normalized spacial score (nSPS) is 23.7. The van der Waals surface area contributed by atoms with Gasteiger partial charge in [-0.05, 0) is 65.1 Å². The van der Waals surface area contributed by atoms with Gasteiger partial charge >= 0.3 is 0 Å². The summed E-state index contributed by atoms with van der Waals surface area (Å²) in [4.78, 5) is 2.70. The Labute approximate surface area is 126 Å². The summed E-state index contributed by atoms with van der Waals surface area (Å²) in [5.41, 5.74) is -0.0912. The largest absolute Gasteiger partial charge is 0.394 e. The molecule has 1 heterocycles. The van der Waals surface area contributed by atoms with Crippen molar-refractivity contribution in [1.82, 2.24) is 10.2 Å². The molecule has 2 unspecified atom stereocenters. The predicted molar refractivity (Wildman–Crippen MR) is 87.1 cm³/mol. The topological polar surface area (TPSA) is 35.5 Å². The van der Waals surface area contributed by atoms with Gasteiger partial charge in [-0.25, -0.2) is 0 Å². The fourth-order valence-electron chi connectivity index (χ4n) is 3.34. The highest BCUT2D eigenvalue weighted by molar-refractivity contribution is 4.83. The molecule has 120 valence electrons. The first-order chi connectivity index (χ1) is 9.65. The quantitative estimate of drug-likeness (QED) is 0.647. The molecule has 3 heteroatoms. The third-order valence-corrected chi connectivity index (χ3v) is 4.70. The maximum absolute atomic E-state index is 9.61. The Morgan fingerprint density at radius 1 is 1.25 bits per heavy atom. The highest BCUT2D eigenvalue weighted by Crippen LogP contribution is 2.22. The molecule has 1 aliphatic rings. The maximum atomic E-state index is 9.61. The van der Waals surface area contributed by atoms with Gasteiger partial charge in [0.2, 0.25) is 0 Å². The summed E-state index contributed by atoms with van der Waals surface area (Å²) in [6.45, 7) is 10.3. The molecule has 1 saturated heterocycles. The Balaban J connectivity index is 2.32. The van der Waals surface area contributed by atoms with Crippen LogP contribution in [-0.2, 0) is 0 Å². The molecule has 20 heavy (non-hydrogen) atoms. The first-order valence-corrected chi connectivity index (χ1v) is 8.75. The lowest BCUT2D eigenvalue weighted by atomic mass is 9.94. The van der Waals surface area contributed by atoms with Crippen molar-refractivity contribution in [2.75, 3.05) is 26.2 Å². The van der Waals surface area contributed by atoms with Gasteiger partial charge in [-0.1, -0.05) is 26.7 Å². The zero-order valence-electron chi connectivity index (χ0n) is 14.0. The van der Waals surface area contributed by atoms with Gasteiger partial charge in [0.1, 0.15) is 0 Å². The van der Waals surface area contributed by atoms with E-state index in [2.05, 4.69) is 31.0 Å². The molecule has 0 aliphatic carbocycles. The molecule has 1 aliphatic heterocycles. The highest BCUT2D eigenvalue weighted by atomic mass is 16.3. The van der Waals surface area contributed by atoms with E-state index in [0.29, 0.717) is 0 Å². The molecule has 0 aromatic heterocycles. The smallest absolute Gasteiger partial charge is 0.0610 e. The van der Waals surface area contributed by atoms with E-state index in [4.69, 9.17) is 0 Å². The van der Waals surface area contributed by atoms with Gasteiger partial charge in [0, 0.05) is 11.6 Å². The Hall–Kier alpha value is -0.120. The second kappa shape index (κ2) is 9.75. The Bertz CT molecular complexity index is 245. The summed E-state index contributed by atoms with van der Waals surface area (Å²) >= 11 is 0. The van der Waals surface area contributed by atoms with Crippen LogP contribution in [0.1, 0.15) is 72.1 Å². The van der Waals surface area contributed by atoms with Gasteiger partial charge in [-0.15, -0.1) is 0 Å². The molecule has 0 bridgehead atoms. The molecule has 0 amide bonds. The molecular formula is C17H36N2O. The minimum absolute atomic E-state index is 0.0912. The van der Waals surface area contributed by atoms with Crippen LogP contribution in [0.25, 0.3) is 0 Å². The van der Waals surface area contributed by atoms with Crippen LogP contribution in [0.2, 0.25) is 0 Å². The van der Waals surface area contributed by atoms with Crippen LogP contribution in [-0.4, -0.2) is 47.8 Å². The number of nitrogens with one attached hydrogen (secondary N) is 1. The Morgan fingerprint density at radius 2 is 2.05 bits per heavy atom. The molecule has 0 spiro atoms. The lowest BCUT2D eigenvalue weighted by Crippen LogP contribution is -2.47. The summed E-state index contributed by atoms with van der Waals surface area (Å²) in [6, 6.07) is 0.817. The van der Waals surface area contributed by atoms with Crippen LogP contribution in [0.3, 0.4) is 0 Å². The minimum atomic E-state index is -0.0912. The SMILES string of the molecule is CCCNC(C)(CO)CCCN1CCCCC1CCC. The summed E-state index contributed by atoms with van der Waals surface area (Å²) in [6.07, 6.45) is 10.2. The van der Waals surface area contributed by atoms with E-state index < -0.39 is 0 Å². The molecule has 2 N–H and O–H groups in total.